The van der Waals surface area contributed by atoms with E-state index in [1.807, 2.05) is 11.5 Å². The number of rotatable bonds is 4. The maximum Gasteiger partial charge on any atom is 0.341 e. The number of pyridine rings is 1. The van der Waals surface area contributed by atoms with Crippen LogP contribution in [-0.2, 0) is 6.54 Å². The van der Waals surface area contributed by atoms with Gasteiger partial charge in [0, 0.05) is 24.5 Å². The van der Waals surface area contributed by atoms with E-state index in [4.69, 9.17) is 5.11 Å². The summed E-state index contributed by atoms with van der Waals surface area (Å²) in [7, 11) is 0. The third-order valence-corrected chi connectivity index (χ3v) is 2.33. The maximum atomic E-state index is 11.3. The minimum absolute atomic E-state index is 0.156. The first-order valence-electron chi connectivity index (χ1n) is 5.00. The molecular weight excluding hydrogens is 194 g/mol. The Labute approximate surface area is 88.2 Å². The summed E-state index contributed by atoms with van der Waals surface area (Å²) in [5.41, 5.74) is 0.225. The predicted octanol–water partition coefficient (Wildman–Crippen LogP) is 1.66. The number of aromatic carboxylic acids is 1. The van der Waals surface area contributed by atoms with Crippen LogP contribution in [0.1, 0.15) is 35.8 Å². The summed E-state index contributed by atoms with van der Waals surface area (Å²) in [4.78, 5) is 22.1. The van der Waals surface area contributed by atoms with Gasteiger partial charge in [-0.25, -0.2) is 4.79 Å². The van der Waals surface area contributed by atoms with E-state index in [-0.39, 0.29) is 5.56 Å². The second kappa shape index (κ2) is 4.77. The number of hydrogen-bond donors (Lipinski definition) is 1. The molecule has 1 aromatic heterocycles. The zero-order chi connectivity index (χ0) is 11.4. The summed E-state index contributed by atoms with van der Waals surface area (Å²) < 4.78 is 1.81. The summed E-state index contributed by atoms with van der Waals surface area (Å²) in [6.45, 7) is 4.63. The summed E-state index contributed by atoms with van der Waals surface area (Å²) in [5, 5.41) is 8.79. The lowest BCUT2D eigenvalue weighted by atomic mass is 10.2. The molecule has 0 atom stereocenters. The molecule has 0 spiro atoms. The topological polar surface area (TPSA) is 59.3 Å². The number of aryl methyl sites for hydroxylation is 2. The van der Waals surface area contributed by atoms with Crippen molar-refractivity contribution in [1.82, 2.24) is 4.57 Å². The first-order chi connectivity index (χ1) is 7.06. The van der Waals surface area contributed by atoms with Crippen LogP contribution in [-0.4, -0.2) is 15.6 Å². The average molecular weight is 209 g/mol. The highest BCUT2D eigenvalue weighted by Crippen LogP contribution is 2.02. The van der Waals surface area contributed by atoms with Gasteiger partial charge in [0.1, 0.15) is 5.56 Å². The van der Waals surface area contributed by atoms with E-state index in [2.05, 4.69) is 6.92 Å². The highest BCUT2D eigenvalue weighted by molar-refractivity contribution is 5.87. The largest absolute Gasteiger partial charge is 0.477 e. The Morgan fingerprint density at radius 3 is 2.73 bits per heavy atom. The van der Waals surface area contributed by atoms with Crippen molar-refractivity contribution in [1.29, 1.82) is 0 Å². The molecule has 1 aromatic rings. The monoisotopic (exact) mass is 209 g/mol. The van der Waals surface area contributed by atoms with Gasteiger partial charge in [-0.05, 0) is 13.3 Å². The molecule has 0 aromatic carbocycles. The van der Waals surface area contributed by atoms with Crippen molar-refractivity contribution >= 4 is 5.97 Å². The minimum Gasteiger partial charge on any atom is -0.477 e. The first kappa shape index (κ1) is 11.5. The SMILES string of the molecule is CCCCn1cc(C(=O)O)c(=O)cc1C. The molecule has 1 N–H and O–H groups in total. The Morgan fingerprint density at radius 1 is 1.53 bits per heavy atom. The number of unbranched alkanes of at least 4 members (excludes halogenated alkanes) is 1. The van der Waals surface area contributed by atoms with Gasteiger partial charge >= 0.3 is 5.97 Å². The van der Waals surface area contributed by atoms with Crippen LogP contribution in [0.15, 0.2) is 17.1 Å². The highest BCUT2D eigenvalue weighted by Gasteiger charge is 2.09. The van der Waals surface area contributed by atoms with Crippen molar-refractivity contribution < 1.29 is 9.90 Å². The maximum absolute atomic E-state index is 11.3. The molecular formula is C11H15NO3. The van der Waals surface area contributed by atoms with Crippen molar-refractivity contribution in [3.05, 3.63) is 33.7 Å². The molecule has 4 heteroatoms. The van der Waals surface area contributed by atoms with Crippen molar-refractivity contribution in [3.63, 3.8) is 0 Å². The standard InChI is InChI=1S/C11H15NO3/c1-3-4-5-12-7-9(11(14)15)10(13)6-8(12)2/h6-7H,3-5H2,1-2H3,(H,14,15). The lowest BCUT2D eigenvalue weighted by Gasteiger charge is -2.10. The third-order valence-electron chi connectivity index (χ3n) is 2.33. The van der Waals surface area contributed by atoms with Crippen LogP contribution in [0.4, 0.5) is 0 Å². The van der Waals surface area contributed by atoms with E-state index in [0.29, 0.717) is 0 Å². The molecule has 1 rings (SSSR count). The Hall–Kier alpha value is -1.58. The fourth-order valence-corrected chi connectivity index (χ4v) is 1.40. The number of nitrogens with zero attached hydrogens (tertiary/aromatic N) is 1. The van der Waals surface area contributed by atoms with E-state index < -0.39 is 11.4 Å². The van der Waals surface area contributed by atoms with Gasteiger partial charge in [-0.1, -0.05) is 13.3 Å². The summed E-state index contributed by atoms with van der Waals surface area (Å²) in [6, 6.07) is 1.37. The quantitative estimate of drug-likeness (QED) is 0.820. The third kappa shape index (κ3) is 2.68. The number of carbonyl (C=O) groups is 1. The number of hydrogen-bond acceptors (Lipinski definition) is 2. The molecule has 0 bridgehead atoms. The Morgan fingerprint density at radius 2 is 2.20 bits per heavy atom. The summed E-state index contributed by atoms with van der Waals surface area (Å²) in [6.07, 6.45) is 3.44. The molecule has 15 heavy (non-hydrogen) atoms. The van der Waals surface area contributed by atoms with Gasteiger partial charge in [-0.2, -0.15) is 0 Å². The van der Waals surface area contributed by atoms with E-state index in [1.54, 1.807) is 0 Å². The van der Waals surface area contributed by atoms with E-state index in [1.165, 1.54) is 12.3 Å². The molecule has 1 heterocycles. The Balaban J connectivity index is 3.12. The zero-order valence-electron chi connectivity index (χ0n) is 8.99. The second-order valence-corrected chi connectivity index (χ2v) is 3.54. The molecule has 0 aliphatic carbocycles. The first-order valence-corrected chi connectivity index (χ1v) is 5.00. The van der Waals surface area contributed by atoms with E-state index in [9.17, 15) is 9.59 Å². The molecule has 82 valence electrons. The highest BCUT2D eigenvalue weighted by atomic mass is 16.4. The van der Waals surface area contributed by atoms with Crippen LogP contribution < -0.4 is 5.43 Å². The average Bonchev–Trinajstić information content (AvgIpc) is 2.16. The van der Waals surface area contributed by atoms with Crippen LogP contribution in [0.5, 0.6) is 0 Å². The fourth-order valence-electron chi connectivity index (χ4n) is 1.40. The second-order valence-electron chi connectivity index (χ2n) is 3.54. The van der Waals surface area contributed by atoms with Crippen molar-refractivity contribution in [2.45, 2.75) is 33.2 Å². The van der Waals surface area contributed by atoms with Crippen LogP contribution in [0.2, 0.25) is 0 Å². The molecule has 0 fully saturated rings. The number of carboxylic acids is 1. The molecule has 0 amide bonds. The minimum atomic E-state index is -1.16. The summed E-state index contributed by atoms with van der Waals surface area (Å²) >= 11 is 0. The van der Waals surface area contributed by atoms with Crippen LogP contribution in [0.25, 0.3) is 0 Å². The smallest absolute Gasteiger partial charge is 0.341 e. The summed E-state index contributed by atoms with van der Waals surface area (Å²) in [5.74, 6) is -1.16. The molecule has 0 saturated carbocycles. The van der Waals surface area contributed by atoms with Gasteiger partial charge in [0.2, 0.25) is 0 Å². The van der Waals surface area contributed by atoms with Gasteiger partial charge in [0.05, 0.1) is 0 Å². The van der Waals surface area contributed by atoms with Gasteiger partial charge in [0.15, 0.2) is 5.43 Å². The van der Waals surface area contributed by atoms with Crippen LogP contribution in [0.3, 0.4) is 0 Å². The van der Waals surface area contributed by atoms with E-state index in [0.717, 1.165) is 25.1 Å². The normalized spacial score (nSPS) is 10.3. The van der Waals surface area contributed by atoms with Crippen molar-refractivity contribution in [2.75, 3.05) is 0 Å². The molecule has 0 radical (unpaired) electrons. The van der Waals surface area contributed by atoms with Crippen LogP contribution in [0, 0.1) is 6.92 Å². The molecule has 0 saturated heterocycles. The fraction of sp³-hybridized carbons (Fsp3) is 0.455. The zero-order valence-corrected chi connectivity index (χ0v) is 8.99. The van der Waals surface area contributed by atoms with Gasteiger partial charge < -0.3 is 9.67 Å². The van der Waals surface area contributed by atoms with Gasteiger partial charge in [-0.15, -0.1) is 0 Å². The molecule has 0 unspecified atom stereocenters. The van der Waals surface area contributed by atoms with Crippen molar-refractivity contribution in [2.24, 2.45) is 0 Å². The number of aromatic nitrogens is 1. The van der Waals surface area contributed by atoms with Gasteiger partial charge in [-0.3, -0.25) is 4.79 Å². The molecule has 4 nitrogen and oxygen atoms in total. The Kier molecular flexibility index (Phi) is 3.66. The van der Waals surface area contributed by atoms with Gasteiger partial charge in [0.25, 0.3) is 0 Å². The lowest BCUT2D eigenvalue weighted by molar-refractivity contribution is 0.0694. The molecule has 0 aliphatic heterocycles. The Bertz CT molecular complexity index is 420. The number of carboxylic acid groups (broad SMARTS) is 1. The molecule has 0 aliphatic rings. The van der Waals surface area contributed by atoms with Crippen LogP contribution >= 0.6 is 0 Å². The lowest BCUT2D eigenvalue weighted by Crippen LogP contribution is -2.18. The van der Waals surface area contributed by atoms with E-state index >= 15 is 0 Å². The van der Waals surface area contributed by atoms with Crippen molar-refractivity contribution in [3.8, 4) is 0 Å². The predicted molar refractivity (Wildman–Crippen MR) is 57.3 cm³/mol.